The van der Waals surface area contributed by atoms with Crippen LogP contribution in [0.4, 0.5) is 4.39 Å². The highest BCUT2D eigenvalue weighted by atomic mass is 127. The number of halogens is 2. The Labute approximate surface area is 120 Å². The van der Waals surface area contributed by atoms with Crippen LogP contribution in [0.3, 0.4) is 0 Å². The molecule has 0 amide bonds. The zero-order chi connectivity index (χ0) is 13.9. The van der Waals surface area contributed by atoms with Crippen molar-refractivity contribution in [1.29, 1.82) is 0 Å². The van der Waals surface area contributed by atoms with Gasteiger partial charge in [-0.1, -0.05) is 13.8 Å². The minimum atomic E-state index is -1.08. The number of carboxylic acid groups (broad SMARTS) is 1. The number of nitrogens with zero attached hydrogens (tertiary/aromatic N) is 2. The largest absolute Gasteiger partial charge is 0.477 e. The fraction of sp³-hybridized carbons (Fsp3) is 0.273. The van der Waals surface area contributed by atoms with Crippen molar-refractivity contribution >= 4 is 47.3 Å². The number of fused-ring (bicyclic) bond motifs is 1. The first-order chi connectivity index (χ1) is 8.57. The highest BCUT2D eigenvalue weighted by Crippen LogP contribution is 2.32. The number of hydrogen-bond donors (Lipinski definition) is 1. The number of hydrogen-bond acceptors (Lipinski definition) is 3. The summed E-state index contributed by atoms with van der Waals surface area (Å²) in [5, 5.41) is 9.35. The second kappa shape index (κ2) is 6.37. The van der Waals surface area contributed by atoms with E-state index in [1.165, 1.54) is 16.2 Å². The molecule has 2 heterocycles. The predicted octanol–water partition coefficient (Wildman–Crippen LogP) is 4.05. The lowest BCUT2D eigenvalue weighted by atomic mass is 10.2. The SMILES string of the molecule is CC.Cc1c(C(=O)O)n(SI)c2nccc(F)c12. The maximum absolute atomic E-state index is 13.6. The van der Waals surface area contributed by atoms with Crippen molar-refractivity contribution in [3.63, 3.8) is 0 Å². The topological polar surface area (TPSA) is 55.1 Å². The van der Waals surface area contributed by atoms with Gasteiger partial charge in [-0.25, -0.2) is 14.2 Å². The average molecular weight is 382 g/mol. The van der Waals surface area contributed by atoms with E-state index in [4.69, 9.17) is 5.11 Å². The van der Waals surface area contributed by atoms with Crippen molar-refractivity contribution in [2.24, 2.45) is 0 Å². The smallest absolute Gasteiger partial charge is 0.353 e. The van der Waals surface area contributed by atoms with Crippen molar-refractivity contribution in [3.05, 3.63) is 29.3 Å². The molecule has 0 atom stereocenters. The van der Waals surface area contributed by atoms with Crippen molar-refractivity contribution < 1.29 is 14.3 Å². The third kappa shape index (κ3) is 2.46. The Kier molecular flexibility index (Phi) is 5.39. The summed E-state index contributed by atoms with van der Waals surface area (Å²) in [4.78, 5) is 15.1. The van der Waals surface area contributed by atoms with Gasteiger partial charge >= 0.3 is 5.97 Å². The molecule has 0 aliphatic heterocycles. The number of carbonyl (C=O) groups is 1. The molecular weight excluding hydrogens is 370 g/mol. The first-order valence-corrected chi connectivity index (χ1v) is 8.57. The van der Waals surface area contributed by atoms with Gasteiger partial charge in [-0.05, 0) is 18.6 Å². The van der Waals surface area contributed by atoms with Gasteiger partial charge in [0, 0.05) is 36.5 Å². The fourth-order valence-corrected chi connectivity index (χ4v) is 3.26. The zero-order valence-corrected chi connectivity index (χ0v) is 13.0. The van der Waals surface area contributed by atoms with Gasteiger partial charge in [0.1, 0.15) is 11.5 Å². The Morgan fingerprint density at radius 3 is 2.67 bits per heavy atom. The number of aromatic carboxylic acids is 1. The molecule has 0 bridgehead atoms. The molecule has 0 spiro atoms. The third-order valence-electron chi connectivity index (χ3n) is 2.28. The molecule has 98 valence electrons. The van der Waals surface area contributed by atoms with E-state index < -0.39 is 11.8 Å². The lowest BCUT2D eigenvalue weighted by Crippen LogP contribution is -2.03. The summed E-state index contributed by atoms with van der Waals surface area (Å²) in [6.45, 7) is 5.58. The van der Waals surface area contributed by atoms with Gasteiger partial charge in [0.05, 0.1) is 5.39 Å². The summed E-state index contributed by atoms with van der Waals surface area (Å²) in [5.41, 5.74) is 0.804. The van der Waals surface area contributed by atoms with E-state index in [-0.39, 0.29) is 11.1 Å². The maximum Gasteiger partial charge on any atom is 0.353 e. The molecule has 18 heavy (non-hydrogen) atoms. The molecule has 0 aliphatic carbocycles. The Morgan fingerprint density at radius 2 is 2.17 bits per heavy atom. The summed E-state index contributed by atoms with van der Waals surface area (Å²) in [5.74, 6) is -1.53. The number of rotatable bonds is 2. The van der Waals surface area contributed by atoms with E-state index in [0.717, 1.165) is 9.12 Å². The second-order valence-corrected chi connectivity index (χ2v) is 4.82. The first kappa shape index (κ1) is 15.2. The van der Waals surface area contributed by atoms with Crippen LogP contribution in [0, 0.1) is 12.7 Å². The van der Waals surface area contributed by atoms with Crippen LogP contribution in [-0.2, 0) is 0 Å². The van der Waals surface area contributed by atoms with E-state index >= 15 is 0 Å². The Bertz CT molecular complexity index is 586. The number of aryl methyl sites for hydroxylation is 1. The quantitative estimate of drug-likeness (QED) is 0.797. The van der Waals surface area contributed by atoms with Crippen molar-refractivity contribution in [1.82, 2.24) is 8.96 Å². The highest BCUT2D eigenvalue weighted by Gasteiger charge is 2.22. The molecule has 2 aromatic heterocycles. The number of aromatic nitrogens is 2. The van der Waals surface area contributed by atoms with E-state index in [9.17, 15) is 9.18 Å². The summed E-state index contributed by atoms with van der Waals surface area (Å²) < 4.78 is 15.0. The van der Waals surface area contributed by atoms with Gasteiger partial charge in [0.25, 0.3) is 0 Å². The molecule has 0 saturated carbocycles. The lowest BCUT2D eigenvalue weighted by Gasteiger charge is -2.00. The van der Waals surface area contributed by atoms with Crippen molar-refractivity contribution in [2.45, 2.75) is 20.8 Å². The van der Waals surface area contributed by atoms with Crippen molar-refractivity contribution in [3.8, 4) is 0 Å². The minimum Gasteiger partial charge on any atom is -0.477 e. The maximum atomic E-state index is 13.6. The van der Waals surface area contributed by atoms with Crippen LogP contribution in [0.25, 0.3) is 11.0 Å². The van der Waals surface area contributed by atoms with Gasteiger partial charge < -0.3 is 5.11 Å². The minimum absolute atomic E-state index is 0.0620. The second-order valence-electron chi connectivity index (χ2n) is 3.13. The Hall–Kier alpha value is -0.830. The molecule has 0 fully saturated rings. The van der Waals surface area contributed by atoms with Crippen molar-refractivity contribution in [2.75, 3.05) is 0 Å². The van der Waals surface area contributed by atoms with E-state index in [1.54, 1.807) is 6.92 Å². The molecule has 1 N–H and O–H groups in total. The van der Waals surface area contributed by atoms with Gasteiger partial charge in [0.2, 0.25) is 0 Å². The molecule has 2 aromatic rings. The normalized spacial score (nSPS) is 10.1. The van der Waals surface area contributed by atoms with Crippen LogP contribution >= 0.6 is 30.3 Å². The van der Waals surface area contributed by atoms with Gasteiger partial charge in [-0.15, -0.1) is 0 Å². The van der Waals surface area contributed by atoms with Gasteiger partial charge in [-0.2, -0.15) is 0 Å². The van der Waals surface area contributed by atoms with Crippen LogP contribution in [0.2, 0.25) is 0 Å². The molecule has 2 rings (SSSR count). The molecule has 0 radical (unpaired) electrons. The summed E-state index contributed by atoms with van der Waals surface area (Å²) in [7, 11) is 1.16. The Morgan fingerprint density at radius 1 is 1.56 bits per heavy atom. The molecule has 0 aromatic carbocycles. The predicted molar refractivity (Wildman–Crippen MR) is 79.7 cm³/mol. The van der Waals surface area contributed by atoms with E-state index in [0.29, 0.717) is 11.2 Å². The van der Waals surface area contributed by atoms with Crippen LogP contribution < -0.4 is 0 Å². The highest BCUT2D eigenvalue weighted by molar-refractivity contribution is 14.2. The first-order valence-electron chi connectivity index (χ1n) is 5.25. The number of pyridine rings is 1. The van der Waals surface area contributed by atoms with Crippen LogP contribution in [0.5, 0.6) is 0 Å². The molecule has 7 heteroatoms. The Balaban J connectivity index is 0.000000771. The zero-order valence-electron chi connectivity index (χ0n) is 10.1. The molecular formula is C11H12FIN2O2S. The van der Waals surface area contributed by atoms with E-state index in [1.807, 2.05) is 35.1 Å². The lowest BCUT2D eigenvalue weighted by molar-refractivity contribution is 0.0689. The standard InChI is InChI=1S/C9H6FIN2O2S.C2H6/c1-4-6-5(10)2-3-12-8(6)13(16-11)7(4)9(14)15;1-2/h2-3H,1H3,(H,14,15);1-2H3. The monoisotopic (exact) mass is 382 g/mol. The average Bonchev–Trinajstić information content (AvgIpc) is 2.66. The van der Waals surface area contributed by atoms with Crippen LogP contribution in [0.15, 0.2) is 12.3 Å². The molecule has 4 nitrogen and oxygen atoms in total. The van der Waals surface area contributed by atoms with E-state index in [2.05, 4.69) is 4.98 Å². The molecule has 0 saturated heterocycles. The molecule has 0 unspecified atom stereocenters. The fourth-order valence-electron chi connectivity index (χ4n) is 1.62. The summed E-state index contributed by atoms with van der Waals surface area (Å²) in [6, 6.07) is 1.23. The van der Waals surface area contributed by atoms with Crippen LogP contribution in [0.1, 0.15) is 29.9 Å². The summed E-state index contributed by atoms with van der Waals surface area (Å²) in [6.07, 6.45) is 1.33. The molecule has 0 aliphatic rings. The number of carboxylic acids is 1. The van der Waals surface area contributed by atoms with Gasteiger partial charge in [-0.3, -0.25) is 3.97 Å². The third-order valence-corrected chi connectivity index (χ3v) is 3.95. The van der Waals surface area contributed by atoms with Crippen LogP contribution in [-0.4, -0.2) is 20.0 Å². The van der Waals surface area contributed by atoms with Gasteiger partial charge in [0.15, 0.2) is 5.65 Å². The summed E-state index contributed by atoms with van der Waals surface area (Å²) >= 11 is 1.94.